The van der Waals surface area contributed by atoms with Crippen LogP contribution < -0.4 is 10.1 Å². The maximum absolute atomic E-state index is 13.3. The van der Waals surface area contributed by atoms with Crippen LogP contribution in [0.2, 0.25) is 0 Å². The lowest BCUT2D eigenvalue weighted by Gasteiger charge is -2.32. The van der Waals surface area contributed by atoms with Gasteiger partial charge in [0.15, 0.2) is 0 Å². The number of halogens is 1. The van der Waals surface area contributed by atoms with Crippen LogP contribution in [-0.4, -0.2) is 37.0 Å². The van der Waals surface area contributed by atoms with Crippen LogP contribution in [0.1, 0.15) is 25.3 Å². The highest BCUT2D eigenvalue weighted by Gasteiger charge is 2.20. The molecule has 1 heterocycles. The molecule has 110 valence electrons. The number of rotatable bonds is 4. The maximum atomic E-state index is 13.3. The van der Waals surface area contributed by atoms with Gasteiger partial charge in [0.2, 0.25) is 5.91 Å². The number of benzene rings is 1. The van der Waals surface area contributed by atoms with E-state index in [1.807, 2.05) is 4.90 Å². The Morgan fingerprint density at radius 1 is 1.45 bits per heavy atom. The molecule has 0 aliphatic carbocycles. The van der Waals surface area contributed by atoms with E-state index in [4.69, 9.17) is 4.74 Å². The van der Waals surface area contributed by atoms with Gasteiger partial charge >= 0.3 is 0 Å². The van der Waals surface area contributed by atoms with Gasteiger partial charge < -0.3 is 15.0 Å². The third kappa shape index (κ3) is 3.70. The molecule has 0 unspecified atom stereocenters. The fraction of sp³-hybridized carbons (Fsp3) is 0.533. The Hall–Kier alpha value is -1.62. The van der Waals surface area contributed by atoms with Crippen LogP contribution in [0.3, 0.4) is 0 Å². The van der Waals surface area contributed by atoms with Crippen molar-refractivity contribution < 1.29 is 13.9 Å². The number of ether oxygens (including phenoxy) is 1. The van der Waals surface area contributed by atoms with Crippen LogP contribution in [0.5, 0.6) is 5.75 Å². The minimum Gasteiger partial charge on any atom is -0.496 e. The van der Waals surface area contributed by atoms with Crippen molar-refractivity contribution in [2.24, 2.45) is 0 Å². The summed E-state index contributed by atoms with van der Waals surface area (Å²) in [6, 6.07) is 4.90. The first-order chi connectivity index (χ1) is 9.60. The lowest BCUT2D eigenvalue weighted by atomic mass is 10.0. The summed E-state index contributed by atoms with van der Waals surface area (Å²) in [6.07, 6.45) is 1.86. The number of carbonyl (C=O) groups excluding carboxylic acids is 1. The molecule has 0 radical (unpaired) electrons. The van der Waals surface area contributed by atoms with Crippen molar-refractivity contribution in [2.75, 3.05) is 20.2 Å². The average molecular weight is 280 g/mol. The van der Waals surface area contributed by atoms with Crippen molar-refractivity contribution in [3.63, 3.8) is 0 Å². The van der Waals surface area contributed by atoms with E-state index < -0.39 is 0 Å². The predicted octanol–water partition coefficient (Wildman–Crippen LogP) is 1.93. The Balaban J connectivity index is 1.87. The number of likely N-dealkylation sites (tertiary alicyclic amines) is 1. The minimum absolute atomic E-state index is 0.134. The maximum Gasteiger partial charge on any atom is 0.219 e. The van der Waals surface area contributed by atoms with E-state index >= 15 is 0 Å². The van der Waals surface area contributed by atoms with E-state index in [1.165, 1.54) is 12.1 Å². The van der Waals surface area contributed by atoms with E-state index in [9.17, 15) is 9.18 Å². The summed E-state index contributed by atoms with van der Waals surface area (Å²) < 4.78 is 18.5. The first-order valence-electron chi connectivity index (χ1n) is 6.91. The second-order valence-electron chi connectivity index (χ2n) is 5.12. The summed E-state index contributed by atoms with van der Waals surface area (Å²) in [6.45, 7) is 3.75. The molecule has 1 aromatic rings. The second-order valence-corrected chi connectivity index (χ2v) is 5.12. The van der Waals surface area contributed by atoms with E-state index in [0.29, 0.717) is 18.3 Å². The van der Waals surface area contributed by atoms with Crippen molar-refractivity contribution in [1.29, 1.82) is 0 Å². The number of hydrogen-bond acceptors (Lipinski definition) is 3. The van der Waals surface area contributed by atoms with E-state index in [0.717, 1.165) is 31.5 Å². The van der Waals surface area contributed by atoms with E-state index in [2.05, 4.69) is 5.32 Å². The Morgan fingerprint density at radius 3 is 2.75 bits per heavy atom. The molecule has 1 fully saturated rings. The zero-order chi connectivity index (χ0) is 14.5. The molecule has 1 N–H and O–H groups in total. The Morgan fingerprint density at radius 2 is 2.15 bits per heavy atom. The minimum atomic E-state index is -0.256. The van der Waals surface area contributed by atoms with Crippen LogP contribution in [-0.2, 0) is 11.3 Å². The SMILES string of the molecule is COc1ccc(F)cc1CNC1CCN(C(C)=O)CC1. The Bertz CT molecular complexity index is 471. The normalized spacial score (nSPS) is 16.2. The molecule has 0 saturated carbocycles. The standard InChI is InChI=1S/C15H21FN2O2/c1-11(19)18-7-5-14(6-8-18)17-10-12-9-13(16)3-4-15(12)20-2/h3-4,9,14,17H,5-8,10H2,1-2H3. The van der Waals surface area contributed by atoms with Gasteiger partial charge in [0.25, 0.3) is 0 Å². The molecule has 1 aliphatic rings. The molecule has 1 amide bonds. The first kappa shape index (κ1) is 14.8. The number of amides is 1. The number of nitrogens with zero attached hydrogens (tertiary/aromatic N) is 1. The lowest BCUT2D eigenvalue weighted by Crippen LogP contribution is -2.43. The summed E-state index contributed by atoms with van der Waals surface area (Å²) in [5.74, 6) is 0.573. The summed E-state index contributed by atoms with van der Waals surface area (Å²) in [5.41, 5.74) is 0.821. The summed E-state index contributed by atoms with van der Waals surface area (Å²) in [5, 5.41) is 3.41. The zero-order valence-corrected chi connectivity index (χ0v) is 12.0. The molecule has 5 heteroatoms. The highest BCUT2D eigenvalue weighted by Crippen LogP contribution is 2.20. The zero-order valence-electron chi connectivity index (χ0n) is 12.0. The summed E-state index contributed by atoms with van der Waals surface area (Å²) in [7, 11) is 1.59. The third-order valence-corrected chi connectivity index (χ3v) is 3.76. The average Bonchev–Trinajstić information content (AvgIpc) is 2.45. The molecular formula is C15H21FN2O2. The van der Waals surface area contributed by atoms with Crippen molar-refractivity contribution in [3.8, 4) is 5.75 Å². The number of carbonyl (C=O) groups is 1. The molecule has 0 atom stereocenters. The van der Waals surface area contributed by atoms with Crippen LogP contribution in [0.25, 0.3) is 0 Å². The second kappa shape index (κ2) is 6.70. The summed E-state index contributed by atoms with van der Waals surface area (Å²) >= 11 is 0. The quantitative estimate of drug-likeness (QED) is 0.916. The van der Waals surface area contributed by atoms with Crippen molar-refractivity contribution in [3.05, 3.63) is 29.6 Å². The van der Waals surface area contributed by atoms with E-state index in [-0.39, 0.29) is 11.7 Å². The van der Waals surface area contributed by atoms with Gasteiger partial charge in [-0.1, -0.05) is 0 Å². The first-order valence-corrected chi connectivity index (χ1v) is 6.91. The van der Waals surface area contributed by atoms with E-state index in [1.54, 1.807) is 20.1 Å². The molecule has 0 bridgehead atoms. The molecule has 20 heavy (non-hydrogen) atoms. The van der Waals surface area contributed by atoms with Gasteiger partial charge in [-0.05, 0) is 31.0 Å². The van der Waals surface area contributed by atoms with Crippen LogP contribution in [0.4, 0.5) is 4.39 Å². The van der Waals surface area contributed by atoms with Crippen LogP contribution in [0.15, 0.2) is 18.2 Å². The summed E-state index contributed by atoms with van der Waals surface area (Å²) in [4.78, 5) is 13.1. The topological polar surface area (TPSA) is 41.6 Å². The molecule has 1 saturated heterocycles. The lowest BCUT2D eigenvalue weighted by molar-refractivity contribution is -0.129. The number of hydrogen-bond donors (Lipinski definition) is 1. The highest BCUT2D eigenvalue weighted by molar-refractivity contribution is 5.73. The van der Waals surface area contributed by atoms with Gasteiger partial charge in [0.05, 0.1) is 7.11 Å². The van der Waals surface area contributed by atoms with Crippen LogP contribution in [0, 0.1) is 5.82 Å². The number of methoxy groups -OCH3 is 1. The van der Waals surface area contributed by atoms with Gasteiger partial charge in [0.1, 0.15) is 11.6 Å². The number of nitrogens with one attached hydrogen (secondary N) is 1. The monoisotopic (exact) mass is 280 g/mol. The number of piperidine rings is 1. The smallest absolute Gasteiger partial charge is 0.219 e. The van der Waals surface area contributed by atoms with Gasteiger partial charge in [-0.2, -0.15) is 0 Å². The largest absolute Gasteiger partial charge is 0.496 e. The molecule has 0 aromatic heterocycles. The Kier molecular flexibility index (Phi) is 4.95. The van der Waals surface area contributed by atoms with Crippen molar-refractivity contribution >= 4 is 5.91 Å². The van der Waals surface area contributed by atoms with Gasteiger partial charge in [-0.25, -0.2) is 4.39 Å². The third-order valence-electron chi connectivity index (χ3n) is 3.76. The van der Waals surface area contributed by atoms with Crippen LogP contribution >= 0.6 is 0 Å². The molecular weight excluding hydrogens is 259 g/mol. The fourth-order valence-corrected chi connectivity index (χ4v) is 2.54. The molecule has 1 aromatic carbocycles. The molecule has 4 nitrogen and oxygen atoms in total. The molecule has 1 aliphatic heterocycles. The highest BCUT2D eigenvalue weighted by atomic mass is 19.1. The van der Waals surface area contributed by atoms with Gasteiger partial charge in [0, 0.05) is 38.2 Å². The van der Waals surface area contributed by atoms with Gasteiger partial charge in [-0.3, -0.25) is 4.79 Å². The molecule has 2 rings (SSSR count). The fourth-order valence-electron chi connectivity index (χ4n) is 2.54. The van der Waals surface area contributed by atoms with Gasteiger partial charge in [-0.15, -0.1) is 0 Å². The van der Waals surface area contributed by atoms with Crippen molar-refractivity contribution in [1.82, 2.24) is 10.2 Å². The molecule has 0 spiro atoms. The Labute approximate surface area is 118 Å². The van der Waals surface area contributed by atoms with Crippen molar-refractivity contribution in [2.45, 2.75) is 32.4 Å². The predicted molar refractivity (Wildman–Crippen MR) is 75.1 cm³/mol.